The molecule has 0 saturated heterocycles. The minimum Gasteiger partial charge on any atom is -0.497 e. The van der Waals surface area contributed by atoms with Crippen LogP contribution in [0.1, 0.15) is 29.3 Å². The fourth-order valence-corrected chi connectivity index (χ4v) is 2.09. The molecule has 0 saturated carbocycles. The van der Waals surface area contributed by atoms with E-state index in [1.54, 1.807) is 50.4 Å². The Morgan fingerprint density at radius 2 is 1.73 bits per heavy atom. The van der Waals surface area contributed by atoms with Crippen LogP contribution < -0.4 is 15.5 Å². The Kier molecular flexibility index (Phi) is 6.84. The number of hydrogen-bond acceptors (Lipinski definition) is 4. The number of nitrogens with one attached hydrogen (secondary N) is 2. The average molecular weight is 357 g/mol. The van der Waals surface area contributed by atoms with Crippen molar-refractivity contribution in [2.24, 2.45) is 5.10 Å². The second-order valence-corrected chi connectivity index (χ2v) is 5.60. The van der Waals surface area contributed by atoms with Crippen LogP contribution in [0.25, 0.3) is 0 Å². The first-order chi connectivity index (χ1) is 12.5. The predicted molar refractivity (Wildman–Crippen MR) is 96.4 cm³/mol. The summed E-state index contributed by atoms with van der Waals surface area (Å²) >= 11 is 0. The second-order valence-electron chi connectivity index (χ2n) is 5.60. The third-order valence-corrected chi connectivity index (χ3v) is 3.52. The van der Waals surface area contributed by atoms with Gasteiger partial charge in [-0.3, -0.25) is 9.59 Å². The van der Waals surface area contributed by atoms with Gasteiger partial charge in [0.25, 0.3) is 5.91 Å². The summed E-state index contributed by atoms with van der Waals surface area (Å²) in [5.41, 5.74) is 4.10. The van der Waals surface area contributed by atoms with Crippen LogP contribution in [0.2, 0.25) is 0 Å². The van der Waals surface area contributed by atoms with Crippen molar-refractivity contribution in [2.75, 3.05) is 7.11 Å². The summed E-state index contributed by atoms with van der Waals surface area (Å²) in [5.74, 6) is -0.289. The molecular weight excluding hydrogens is 337 g/mol. The molecule has 0 radical (unpaired) electrons. The van der Waals surface area contributed by atoms with E-state index in [0.29, 0.717) is 23.6 Å². The molecule has 2 rings (SSSR count). The quantitative estimate of drug-likeness (QED) is 0.591. The van der Waals surface area contributed by atoms with Gasteiger partial charge < -0.3 is 10.1 Å². The van der Waals surface area contributed by atoms with Gasteiger partial charge >= 0.3 is 0 Å². The van der Waals surface area contributed by atoms with Crippen molar-refractivity contribution in [3.05, 3.63) is 65.5 Å². The molecule has 2 amide bonds. The van der Waals surface area contributed by atoms with Gasteiger partial charge in [0.2, 0.25) is 5.91 Å². The van der Waals surface area contributed by atoms with E-state index >= 15 is 0 Å². The summed E-state index contributed by atoms with van der Waals surface area (Å²) in [6, 6.07) is 12.5. The van der Waals surface area contributed by atoms with Crippen molar-refractivity contribution in [3.63, 3.8) is 0 Å². The largest absolute Gasteiger partial charge is 0.497 e. The number of benzene rings is 2. The Balaban J connectivity index is 1.79. The molecule has 7 heteroatoms. The number of methoxy groups -OCH3 is 1. The molecule has 2 aromatic rings. The Bertz CT molecular complexity index is 787. The van der Waals surface area contributed by atoms with E-state index < -0.39 is 0 Å². The summed E-state index contributed by atoms with van der Waals surface area (Å²) in [4.78, 5) is 23.9. The van der Waals surface area contributed by atoms with Crippen molar-refractivity contribution >= 4 is 17.5 Å². The Morgan fingerprint density at radius 3 is 2.35 bits per heavy atom. The van der Waals surface area contributed by atoms with Crippen molar-refractivity contribution in [1.29, 1.82) is 0 Å². The van der Waals surface area contributed by atoms with Crippen LogP contribution in [-0.2, 0) is 11.3 Å². The molecule has 0 aliphatic carbocycles. The molecule has 0 aromatic heterocycles. The van der Waals surface area contributed by atoms with Crippen LogP contribution in [-0.4, -0.2) is 24.6 Å². The standard InChI is InChI=1S/C19H20FN3O3/c1-13(11-18(24)21-12-14-3-7-16(20)8-4-14)22-23-19(25)15-5-9-17(26-2)10-6-15/h3-10H,11-12H2,1-2H3,(H,21,24)(H,23,25)/b22-13+. The average Bonchev–Trinajstić information content (AvgIpc) is 2.65. The van der Waals surface area contributed by atoms with E-state index in [9.17, 15) is 14.0 Å². The van der Waals surface area contributed by atoms with Gasteiger partial charge in [0.05, 0.1) is 13.5 Å². The lowest BCUT2D eigenvalue weighted by atomic mass is 10.2. The third-order valence-electron chi connectivity index (χ3n) is 3.52. The maximum absolute atomic E-state index is 12.8. The van der Waals surface area contributed by atoms with Gasteiger partial charge in [-0.05, 0) is 48.9 Å². The molecule has 0 fully saturated rings. The Hall–Kier alpha value is -3.22. The number of carbonyl (C=O) groups is 2. The number of ether oxygens (including phenoxy) is 1. The lowest BCUT2D eigenvalue weighted by Crippen LogP contribution is -2.26. The number of rotatable bonds is 7. The van der Waals surface area contributed by atoms with E-state index in [1.807, 2.05) is 0 Å². The van der Waals surface area contributed by atoms with E-state index in [2.05, 4.69) is 15.8 Å². The van der Waals surface area contributed by atoms with Gasteiger partial charge in [-0.2, -0.15) is 5.10 Å². The molecule has 0 unspecified atom stereocenters. The SMILES string of the molecule is COc1ccc(C(=O)N/N=C(\C)CC(=O)NCc2ccc(F)cc2)cc1. The second kappa shape index (κ2) is 9.31. The molecule has 0 aliphatic heterocycles. The van der Waals surface area contributed by atoms with Crippen molar-refractivity contribution in [1.82, 2.24) is 10.7 Å². The van der Waals surface area contributed by atoms with E-state index in [1.165, 1.54) is 12.1 Å². The number of carbonyl (C=O) groups excluding carboxylic acids is 2. The fraction of sp³-hybridized carbons (Fsp3) is 0.211. The highest BCUT2D eigenvalue weighted by molar-refractivity contribution is 6.01. The van der Waals surface area contributed by atoms with Gasteiger partial charge in [0.1, 0.15) is 11.6 Å². The fourth-order valence-electron chi connectivity index (χ4n) is 2.09. The van der Waals surface area contributed by atoms with Crippen LogP contribution in [0.3, 0.4) is 0 Å². The highest BCUT2D eigenvalue weighted by Gasteiger charge is 2.07. The third kappa shape index (κ3) is 6.01. The smallest absolute Gasteiger partial charge is 0.271 e. The lowest BCUT2D eigenvalue weighted by Gasteiger charge is -2.06. The molecule has 2 N–H and O–H groups in total. The summed E-state index contributed by atoms with van der Waals surface area (Å²) < 4.78 is 17.9. The van der Waals surface area contributed by atoms with Gasteiger partial charge in [-0.1, -0.05) is 12.1 Å². The monoisotopic (exact) mass is 357 g/mol. The number of nitrogens with zero attached hydrogens (tertiary/aromatic N) is 1. The minimum absolute atomic E-state index is 0.0457. The molecule has 26 heavy (non-hydrogen) atoms. The van der Waals surface area contributed by atoms with Crippen LogP contribution in [0.5, 0.6) is 5.75 Å². The molecule has 6 nitrogen and oxygen atoms in total. The zero-order chi connectivity index (χ0) is 18.9. The molecule has 0 spiro atoms. The molecule has 0 heterocycles. The summed E-state index contributed by atoms with van der Waals surface area (Å²) in [7, 11) is 1.55. The molecule has 136 valence electrons. The van der Waals surface area contributed by atoms with Gasteiger partial charge in [0, 0.05) is 17.8 Å². The van der Waals surface area contributed by atoms with Crippen molar-refractivity contribution in [2.45, 2.75) is 19.9 Å². The zero-order valence-corrected chi connectivity index (χ0v) is 14.6. The first kappa shape index (κ1) is 19.1. The van der Waals surface area contributed by atoms with E-state index in [0.717, 1.165) is 5.56 Å². The number of amides is 2. The molecule has 2 aromatic carbocycles. The van der Waals surface area contributed by atoms with Crippen LogP contribution in [0, 0.1) is 5.82 Å². The molecule has 0 bridgehead atoms. The zero-order valence-electron chi connectivity index (χ0n) is 14.6. The first-order valence-electron chi connectivity index (χ1n) is 7.96. The maximum atomic E-state index is 12.8. The number of hydrogen-bond donors (Lipinski definition) is 2. The van der Waals surface area contributed by atoms with Crippen molar-refractivity contribution < 1.29 is 18.7 Å². The Morgan fingerprint density at radius 1 is 1.08 bits per heavy atom. The normalized spacial score (nSPS) is 11.0. The molecule has 0 atom stereocenters. The summed E-state index contributed by atoms with van der Waals surface area (Å²) in [5, 5.41) is 6.64. The topological polar surface area (TPSA) is 79.8 Å². The highest BCUT2D eigenvalue weighted by atomic mass is 19.1. The summed E-state index contributed by atoms with van der Waals surface area (Å²) in [6.45, 7) is 1.94. The lowest BCUT2D eigenvalue weighted by molar-refractivity contribution is -0.120. The summed E-state index contributed by atoms with van der Waals surface area (Å²) in [6.07, 6.45) is 0.0457. The minimum atomic E-state index is -0.376. The molecule has 0 aliphatic rings. The Labute approximate surface area is 151 Å². The first-order valence-corrected chi connectivity index (χ1v) is 7.96. The van der Waals surface area contributed by atoms with Gasteiger partial charge in [-0.25, -0.2) is 9.82 Å². The van der Waals surface area contributed by atoms with Crippen LogP contribution in [0.4, 0.5) is 4.39 Å². The maximum Gasteiger partial charge on any atom is 0.271 e. The van der Waals surface area contributed by atoms with E-state index in [-0.39, 0.29) is 24.1 Å². The highest BCUT2D eigenvalue weighted by Crippen LogP contribution is 2.11. The van der Waals surface area contributed by atoms with E-state index in [4.69, 9.17) is 4.74 Å². The van der Waals surface area contributed by atoms with Crippen LogP contribution >= 0.6 is 0 Å². The van der Waals surface area contributed by atoms with Crippen LogP contribution in [0.15, 0.2) is 53.6 Å². The number of hydrazone groups is 1. The number of halogens is 1. The molecular formula is C19H20FN3O3. The predicted octanol–water partition coefficient (Wildman–Crippen LogP) is 2.65. The van der Waals surface area contributed by atoms with Gasteiger partial charge in [-0.15, -0.1) is 0 Å². The van der Waals surface area contributed by atoms with Crippen molar-refractivity contribution in [3.8, 4) is 5.75 Å². The van der Waals surface area contributed by atoms with Gasteiger partial charge in [0.15, 0.2) is 0 Å².